The Hall–Kier alpha value is -3.39. The molecule has 0 spiro atoms. The number of anilines is 1. The van der Waals surface area contributed by atoms with E-state index in [0.29, 0.717) is 31.7 Å². The Morgan fingerprint density at radius 1 is 0.862 bits per heavy atom. The van der Waals surface area contributed by atoms with Gasteiger partial charge in [0, 0.05) is 37.9 Å². The van der Waals surface area contributed by atoms with Gasteiger partial charge in [0.2, 0.25) is 5.54 Å². The van der Waals surface area contributed by atoms with Crippen LogP contribution in [0, 0.1) is 0 Å². The van der Waals surface area contributed by atoms with Crippen molar-refractivity contribution >= 4 is 23.5 Å². The van der Waals surface area contributed by atoms with Gasteiger partial charge < -0.3 is 9.64 Å². The topological polar surface area (TPSA) is 91.0 Å². The van der Waals surface area contributed by atoms with E-state index in [2.05, 4.69) is 15.5 Å². The lowest BCUT2D eigenvalue weighted by Crippen LogP contribution is -2.72. The molecule has 4 rings (SSSR count). The standard InChI is InChI=1S/C21H22N4O4/c1-29-17-9-5-8-16(14-17)24-10-12-25(13-11-24)21(15-6-3-2-4-7-15)18(26)22-20(28)23-19(21)27/h2-9,14H,10-13H2,1H3,(H2,22,23,26,27,28). The number of carbonyl (C=O) groups is 3. The maximum absolute atomic E-state index is 13.0. The monoisotopic (exact) mass is 394 g/mol. The molecule has 2 aliphatic heterocycles. The predicted molar refractivity (Wildman–Crippen MR) is 107 cm³/mol. The third-order valence-electron chi connectivity index (χ3n) is 5.48. The fourth-order valence-electron chi connectivity index (χ4n) is 4.04. The smallest absolute Gasteiger partial charge is 0.328 e. The van der Waals surface area contributed by atoms with Crippen molar-refractivity contribution in [3.8, 4) is 5.75 Å². The summed E-state index contributed by atoms with van der Waals surface area (Å²) in [5, 5.41) is 4.55. The molecule has 150 valence electrons. The minimum atomic E-state index is -1.57. The highest BCUT2D eigenvalue weighted by Gasteiger charge is 2.56. The third-order valence-corrected chi connectivity index (χ3v) is 5.48. The average Bonchev–Trinajstić information content (AvgIpc) is 2.75. The van der Waals surface area contributed by atoms with Crippen LogP contribution in [0.3, 0.4) is 0 Å². The fraction of sp³-hybridized carbons (Fsp3) is 0.286. The third kappa shape index (κ3) is 3.21. The van der Waals surface area contributed by atoms with Gasteiger partial charge in [0.05, 0.1) is 7.11 Å². The molecule has 29 heavy (non-hydrogen) atoms. The van der Waals surface area contributed by atoms with Crippen molar-refractivity contribution in [2.45, 2.75) is 5.54 Å². The second-order valence-electron chi connectivity index (χ2n) is 6.99. The largest absolute Gasteiger partial charge is 0.497 e. The maximum Gasteiger partial charge on any atom is 0.328 e. The lowest BCUT2D eigenvalue weighted by Gasteiger charge is -2.47. The number of imide groups is 2. The summed E-state index contributed by atoms with van der Waals surface area (Å²) >= 11 is 0. The molecule has 2 aliphatic rings. The Morgan fingerprint density at radius 2 is 1.52 bits per heavy atom. The number of carbonyl (C=O) groups excluding carboxylic acids is 3. The molecule has 0 aliphatic carbocycles. The van der Waals surface area contributed by atoms with E-state index in [4.69, 9.17) is 4.74 Å². The van der Waals surface area contributed by atoms with Gasteiger partial charge in [-0.3, -0.25) is 25.1 Å². The highest BCUT2D eigenvalue weighted by molar-refractivity contribution is 6.22. The number of methoxy groups -OCH3 is 1. The lowest BCUT2D eigenvalue weighted by atomic mass is 9.84. The summed E-state index contributed by atoms with van der Waals surface area (Å²) in [6.45, 7) is 2.19. The van der Waals surface area contributed by atoms with Crippen molar-refractivity contribution in [3.63, 3.8) is 0 Å². The van der Waals surface area contributed by atoms with E-state index in [-0.39, 0.29) is 0 Å². The molecule has 0 aromatic heterocycles. The van der Waals surface area contributed by atoms with Crippen LogP contribution < -0.4 is 20.3 Å². The summed E-state index contributed by atoms with van der Waals surface area (Å²) in [6, 6.07) is 15.8. The van der Waals surface area contributed by atoms with Crippen molar-refractivity contribution in [2.75, 3.05) is 38.2 Å². The summed E-state index contributed by atoms with van der Waals surface area (Å²) in [7, 11) is 1.63. The number of piperazine rings is 1. The maximum atomic E-state index is 13.0. The molecule has 0 unspecified atom stereocenters. The molecule has 0 saturated carbocycles. The summed E-state index contributed by atoms with van der Waals surface area (Å²) < 4.78 is 5.30. The number of rotatable bonds is 4. The minimum absolute atomic E-state index is 0.473. The first-order valence-electron chi connectivity index (χ1n) is 9.42. The first-order chi connectivity index (χ1) is 14.1. The second-order valence-corrected chi connectivity index (χ2v) is 6.99. The van der Waals surface area contributed by atoms with E-state index in [1.54, 1.807) is 31.4 Å². The Labute approximate surface area is 168 Å². The van der Waals surface area contributed by atoms with Gasteiger partial charge in [-0.2, -0.15) is 0 Å². The molecule has 8 nitrogen and oxygen atoms in total. The second kappa shape index (κ2) is 7.56. The zero-order chi connectivity index (χ0) is 20.4. The zero-order valence-corrected chi connectivity index (χ0v) is 16.1. The molecule has 0 radical (unpaired) electrons. The number of barbiturate groups is 1. The number of hydrogen-bond acceptors (Lipinski definition) is 6. The van der Waals surface area contributed by atoms with Crippen molar-refractivity contribution in [1.82, 2.24) is 15.5 Å². The number of hydrogen-bond donors (Lipinski definition) is 2. The van der Waals surface area contributed by atoms with Gasteiger partial charge in [0.1, 0.15) is 5.75 Å². The van der Waals surface area contributed by atoms with Crippen LogP contribution in [-0.4, -0.2) is 56.0 Å². The number of nitrogens with zero attached hydrogens (tertiary/aromatic N) is 2. The first kappa shape index (κ1) is 18.9. The van der Waals surface area contributed by atoms with Crippen LogP contribution in [0.25, 0.3) is 0 Å². The highest BCUT2D eigenvalue weighted by Crippen LogP contribution is 2.33. The van der Waals surface area contributed by atoms with Gasteiger partial charge in [-0.1, -0.05) is 36.4 Å². The van der Waals surface area contributed by atoms with Gasteiger partial charge in [-0.15, -0.1) is 0 Å². The Kier molecular flexibility index (Phi) is 4.94. The minimum Gasteiger partial charge on any atom is -0.497 e. The molecule has 2 saturated heterocycles. The summed E-state index contributed by atoms with van der Waals surface area (Å²) in [6.07, 6.45) is 0. The van der Waals surface area contributed by atoms with Gasteiger partial charge in [0.15, 0.2) is 0 Å². The summed E-state index contributed by atoms with van der Waals surface area (Å²) in [4.78, 5) is 41.7. The van der Waals surface area contributed by atoms with Gasteiger partial charge in [-0.05, 0) is 17.7 Å². The van der Waals surface area contributed by atoms with Crippen LogP contribution in [-0.2, 0) is 15.1 Å². The van der Waals surface area contributed by atoms with Crippen LogP contribution in [0.2, 0.25) is 0 Å². The molecule has 4 amide bonds. The first-order valence-corrected chi connectivity index (χ1v) is 9.42. The van der Waals surface area contributed by atoms with Gasteiger partial charge in [0.25, 0.3) is 11.8 Å². The number of benzene rings is 2. The highest BCUT2D eigenvalue weighted by atomic mass is 16.5. The molecule has 0 atom stereocenters. The van der Waals surface area contributed by atoms with Crippen molar-refractivity contribution < 1.29 is 19.1 Å². The van der Waals surface area contributed by atoms with Gasteiger partial charge in [-0.25, -0.2) is 4.79 Å². The molecule has 8 heteroatoms. The summed E-state index contributed by atoms with van der Waals surface area (Å²) in [5.74, 6) is -0.463. The van der Waals surface area contributed by atoms with Gasteiger partial charge >= 0.3 is 6.03 Å². The number of ether oxygens (including phenoxy) is 1. The molecule has 2 N–H and O–H groups in total. The number of amides is 4. The predicted octanol–water partition coefficient (Wildman–Crippen LogP) is 1.08. The van der Waals surface area contributed by atoms with Crippen molar-refractivity contribution in [1.29, 1.82) is 0 Å². The van der Waals surface area contributed by atoms with Crippen LogP contribution >= 0.6 is 0 Å². The van der Waals surface area contributed by atoms with E-state index >= 15 is 0 Å². The zero-order valence-electron chi connectivity index (χ0n) is 16.1. The van der Waals surface area contributed by atoms with E-state index in [1.165, 1.54) is 0 Å². The Balaban J connectivity index is 1.63. The normalized spacial score (nSPS) is 19.5. The van der Waals surface area contributed by atoms with Crippen LogP contribution in [0.5, 0.6) is 5.75 Å². The SMILES string of the molecule is COc1cccc(N2CCN(C3(c4ccccc4)C(=O)NC(=O)NC3=O)CC2)c1. The van der Waals surface area contributed by atoms with Crippen LogP contribution in [0.15, 0.2) is 54.6 Å². The van der Waals surface area contributed by atoms with Crippen LogP contribution in [0.1, 0.15) is 5.56 Å². The van der Waals surface area contributed by atoms with Crippen molar-refractivity contribution in [2.24, 2.45) is 0 Å². The number of nitrogens with one attached hydrogen (secondary N) is 2. The molecule has 2 aromatic rings. The van der Waals surface area contributed by atoms with E-state index in [1.807, 2.05) is 35.2 Å². The quantitative estimate of drug-likeness (QED) is 0.754. The summed E-state index contributed by atoms with van der Waals surface area (Å²) in [5.41, 5.74) is -0.0156. The van der Waals surface area contributed by atoms with E-state index in [9.17, 15) is 14.4 Å². The average molecular weight is 394 g/mol. The van der Waals surface area contributed by atoms with E-state index in [0.717, 1.165) is 11.4 Å². The Bertz CT molecular complexity index is 919. The molecular weight excluding hydrogens is 372 g/mol. The number of urea groups is 1. The molecule has 2 aromatic carbocycles. The van der Waals surface area contributed by atoms with E-state index < -0.39 is 23.4 Å². The molecule has 2 fully saturated rings. The Morgan fingerprint density at radius 3 is 2.14 bits per heavy atom. The molecule has 0 bridgehead atoms. The molecule has 2 heterocycles. The fourth-order valence-corrected chi connectivity index (χ4v) is 4.04. The lowest BCUT2D eigenvalue weighted by molar-refractivity contribution is -0.149. The van der Waals surface area contributed by atoms with Crippen molar-refractivity contribution in [3.05, 3.63) is 60.2 Å². The molecular formula is C21H22N4O4. The van der Waals surface area contributed by atoms with Crippen LogP contribution in [0.4, 0.5) is 10.5 Å².